The second-order valence-electron chi connectivity index (χ2n) is 5.73. The Morgan fingerprint density at radius 1 is 1.33 bits per heavy atom. The minimum atomic E-state index is -1.05. The molecule has 1 unspecified atom stereocenters. The van der Waals surface area contributed by atoms with E-state index >= 15 is 0 Å². The first-order valence-electron chi connectivity index (χ1n) is 7.07. The maximum atomic E-state index is 12.8. The molecule has 1 aromatic rings. The van der Waals surface area contributed by atoms with Gasteiger partial charge in [-0.3, -0.25) is 19.8 Å². The third-order valence-electron chi connectivity index (χ3n) is 4.34. The fourth-order valence-electron chi connectivity index (χ4n) is 3.14. The van der Waals surface area contributed by atoms with E-state index in [0.717, 1.165) is 18.5 Å². The van der Waals surface area contributed by atoms with Crippen molar-refractivity contribution in [3.63, 3.8) is 0 Å². The highest BCUT2D eigenvalue weighted by molar-refractivity contribution is 7.09. The summed E-state index contributed by atoms with van der Waals surface area (Å²) >= 11 is 1.42. The van der Waals surface area contributed by atoms with Crippen molar-refractivity contribution in [2.45, 2.75) is 45.6 Å². The zero-order chi connectivity index (χ0) is 15.2. The number of hydrogen-bond donors (Lipinski definition) is 1. The third kappa shape index (κ3) is 2.07. The summed E-state index contributed by atoms with van der Waals surface area (Å²) in [4.78, 5) is 42.6. The quantitative estimate of drug-likeness (QED) is 0.849. The minimum absolute atomic E-state index is 0.367. The van der Waals surface area contributed by atoms with Gasteiger partial charge in [-0.05, 0) is 26.7 Å². The standard InChI is InChI=1S/C14H17N3O3S/c1-8-7-21-10(15-8)9(2)17-12(19)14(5-3-4-6-14)11(18)16-13(17)20/h7,9H,3-6H2,1-2H3,(H,16,18,20). The summed E-state index contributed by atoms with van der Waals surface area (Å²) in [7, 11) is 0. The summed E-state index contributed by atoms with van der Waals surface area (Å²) in [6.07, 6.45) is 2.72. The number of nitrogens with zero attached hydrogens (tertiary/aromatic N) is 2. The summed E-state index contributed by atoms with van der Waals surface area (Å²) < 4.78 is 0. The van der Waals surface area contributed by atoms with Crippen molar-refractivity contribution in [2.75, 3.05) is 0 Å². The zero-order valence-electron chi connectivity index (χ0n) is 12.0. The first kappa shape index (κ1) is 14.2. The second-order valence-corrected chi connectivity index (χ2v) is 6.62. The summed E-state index contributed by atoms with van der Waals surface area (Å²) in [6, 6.07) is -1.09. The molecule has 112 valence electrons. The number of aryl methyl sites for hydroxylation is 1. The van der Waals surface area contributed by atoms with Crippen LogP contribution in [0, 0.1) is 12.3 Å². The van der Waals surface area contributed by atoms with Gasteiger partial charge in [0.2, 0.25) is 11.8 Å². The smallest absolute Gasteiger partial charge is 0.277 e. The molecule has 6 nitrogen and oxygen atoms in total. The van der Waals surface area contributed by atoms with Crippen molar-refractivity contribution >= 4 is 29.2 Å². The summed E-state index contributed by atoms with van der Waals surface area (Å²) in [5.74, 6) is -0.803. The van der Waals surface area contributed by atoms with Gasteiger partial charge in [0, 0.05) is 11.1 Å². The molecule has 1 N–H and O–H groups in total. The van der Waals surface area contributed by atoms with E-state index in [2.05, 4.69) is 10.3 Å². The van der Waals surface area contributed by atoms with E-state index in [1.807, 2.05) is 12.3 Å². The van der Waals surface area contributed by atoms with Gasteiger partial charge in [0.25, 0.3) is 0 Å². The molecule has 1 aliphatic heterocycles. The molecule has 4 amide bonds. The third-order valence-corrected chi connectivity index (χ3v) is 5.47. The molecule has 1 saturated carbocycles. The highest BCUT2D eigenvalue weighted by atomic mass is 32.1. The lowest BCUT2D eigenvalue weighted by atomic mass is 9.81. The van der Waals surface area contributed by atoms with Crippen LogP contribution in [0.5, 0.6) is 0 Å². The van der Waals surface area contributed by atoms with Crippen molar-refractivity contribution in [1.29, 1.82) is 0 Å². The van der Waals surface area contributed by atoms with E-state index in [1.165, 1.54) is 16.2 Å². The first-order chi connectivity index (χ1) is 9.95. The molecule has 0 bridgehead atoms. The van der Waals surface area contributed by atoms with E-state index < -0.39 is 23.4 Å². The number of amides is 4. The van der Waals surface area contributed by atoms with Crippen LogP contribution in [0.25, 0.3) is 0 Å². The van der Waals surface area contributed by atoms with E-state index in [9.17, 15) is 14.4 Å². The Kier molecular flexibility index (Phi) is 3.32. The number of barbiturate groups is 1. The second kappa shape index (κ2) is 4.91. The summed E-state index contributed by atoms with van der Waals surface area (Å²) in [5, 5.41) is 4.94. The van der Waals surface area contributed by atoms with Gasteiger partial charge in [-0.25, -0.2) is 9.78 Å². The molecule has 1 spiro atoms. The molecule has 2 heterocycles. The average Bonchev–Trinajstić information content (AvgIpc) is 3.06. The number of thiazole rings is 1. The van der Waals surface area contributed by atoms with Crippen molar-refractivity contribution in [2.24, 2.45) is 5.41 Å². The molecule has 0 radical (unpaired) electrons. The van der Waals surface area contributed by atoms with Crippen LogP contribution >= 0.6 is 11.3 Å². The van der Waals surface area contributed by atoms with Gasteiger partial charge in [-0.15, -0.1) is 11.3 Å². The van der Waals surface area contributed by atoms with Crippen LogP contribution in [0.1, 0.15) is 49.4 Å². The number of aromatic nitrogens is 1. The molecule has 1 atom stereocenters. The number of carbonyl (C=O) groups excluding carboxylic acids is 3. The molecule has 1 aliphatic carbocycles. The Morgan fingerprint density at radius 3 is 2.57 bits per heavy atom. The van der Waals surface area contributed by atoms with E-state index in [0.29, 0.717) is 17.8 Å². The van der Waals surface area contributed by atoms with Gasteiger partial charge in [0.15, 0.2) is 0 Å². The van der Waals surface area contributed by atoms with Crippen LogP contribution in [0.2, 0.25) is 0 Å². The molecular formula is C14H17N3O3S. The largest absolute Gasteiger partial charge is 0.331 e. The highest BCUT2D eigenvalue weighted by Gasteiger charge is 2.56. The molecular weight excluding hydrogens is 290 g/mol. The normalized spacial score (nSPS) is 22.8. The van der Waals surface area contributed by atoms with Gasteiger partial charge in [0.05, 0.1) is 6.04 Å². The molecule has 1 aromatic heterocycles. The summed E-state index contributed by atoms with van der Waals surface area (Å²) in [6.45, 7) is 3.64. The molecule has 0 aromatic carbocycles. The maximum absolute atomic E-state index is 12.8. The lowest BCUT2D eigenvalue weighted by Gasteiger charge is -2.39. The van der Waals surface area contributed by atoms with Gasteiger partial charge in [0.1, 0.15) is 10.4 Å². The predicted molar refractivity (Wildman–Crippen MR) is 76.6 cm³/mol. The lowest BCUT2D eigenvalue weighted by molar-refractivity contribution is -0.152. The van der Waals surface area contributed by atoms with Crippen molar-refractivity contribution < 1.29 is 14.4 Å². The topological polar surface area (TPSA) is 79.4 Å². The number of rotatable bonds is 2. The van der Waals surface area contributed by atoms with E-state index in [-0.39, 0.29) is 5.91 Å². The van der Waals surface area contributed by atoms with E-state index in [4.69, 9.17) is 0 Å². The predicted octanol–water partition coefficient (Wildman–Crippen LogP) is 2.15. The zero-order valence-corrected chi connectivity index (χ0v) is 12.8. The van der Waals surface area contributed by atoms with Crippen LogP contribution in [-0.4, -0.2) is 27.7 Å². The van der Waals surface area contributed by atoms with Gasteiger partial charge >= 0.3 is 6.03 Å². The fraction of sp³-hybridized carbons (Fsp3) is 0.571. The van der Waals surface area contributed by atoms with Crippen LogP contribution in [0.4, 0.5) is 4.79 Å². The Labute approximate surface area is 126 Å². The SMILES string of the molecule is Cc1csc(C(C)N2C(=O)NC(=O)C3(CCCC3)C2=O)n1. The monoisotopic (exact) mass is 307 g/mol. The fourth-order valence-corrected chi connectivity index (χ4v) is 3.99. The highest BCUT2D eigenvalue weighted by Crippen LogP contribution is 2.43. The number of carbonyl (C=O) groups is 3. The van der Waals surface area contributed by atoms with Gasteiger partial charge < -0.3 is 0 Å². The van der Waals surface area contributed by atoms with Crippen LogP contribution in [-0.2, 0) is 9.59 Å². The number of imide groups is 2. The van der Waals surface area contributed by atoms with Crippen LogP contribution in [0.3, 0.4) is 0 Å². The average molecular weight is 307 g/mol. The maximum Gasteiger partial charge on any atom is 0.331 e. The number of urea groups is 1. The minimum Gasteiger partial charge on any atom is -0.277 e. The molecule has 1 saturated heterocycles. The summed E-state index contributed by atoms with van der Waals surface area (Å²) in [5.41, 5.74) is -0.188. The van der Waals surface area contributed by atoms with Crippen molar-refractivity contribution in [3.05, 3.63) is 16.1 Å². The Bertz CT molecular complexity index is 619. The van der Waals surface area contributed by atoms with Crippen molar-refractivity contribution in [3.8, 4) is 0 Å². The van der Waals surface area contributed by atoms with Crippen LogP contribution < -0.4 is 5.32 Å². The number of hydrogen-bond acceptors (Lipinski definition) is 5. The lowest BCUT2D eigenvalue weighted by Crippen LogP contribution is -2.63. The molecule has 7 heteroatoms. The molecule has 21 heavy (non-hydrogen) atoms. The number of nitrogens with one attached hydrogen (secondary N) is 1. The molecule has 2 fully saturated rings. The van der Waals surface area contributed by atoms with Gasteiger partial charge in [-0.2, -0.15) is 0 Å². The Balaban J connectivity index is 1.95. The van der Waals surface area contributed by atoms with E-state index in [1.54, 1.807) is 6.92 Å². The van der Waals surface area contributed by atoms with Gasteiger partial charge in [-0.1, -0.05) is 12.8 Å². The van der Waals surface area contributed by atoms with Crippen molar-refractivity contribution in [1.82, 2.24) is 15.2 Å². The Morgan fingerprint density at radius 2 is 2.00 bits per heavy atom. The molecule has 2 aliphatic rings. The Hall–Kier alpha value is -1.76. The molecule has 3 rings (SSSR count). The van der Waals surface area contributed by atoms with Crippen LogP contribution in [0.15, 0.2) is 5.38 Å². The first-order valence-corrected chi connectivity index (χ1v) is 7.95.